The van der Waals surface area contributed by atoms with Gasteiger partial charge in [-0.25, -0.2) is 0 Å². The molecule has 0 bridgehead atoms. The lowest BCUT2D eigenvalue weighted by atomic mass is 10.0. The highest BCUT2D eigenvalue weighted by Crippen LogP contribution is 2.18. The van der Waals surface area contributed by atoms with Crippen molar-refractivity contribution in [1.82, 2.24) is 0 Å². The molecule has 0 heterocycles. The summed E-state index contributed by atoms with van der Waals surface area (Å²) >= 11 is 0. The minimum atomic E-state index is -1.62. The minimum absolute atomic E-state index is 0.146. The van der Waals surface area contributed by atoms with Gasteiger partial charge >= 0.3 is 11.9 Å². The van der Waals surface area contributed by atoms with Crippen molar-refractivity contribution < 1.29 is 42.9 Å². The van der Waals surface area contributed by atoms with Crippen LogP contribution >= 0.6 is 0 Å². The highest BCUT2D eigenvalue weighted by molar-refractivity contribution is 5.70. The standard InChI is InChI=1S/C78H139NO8/c1-6-8-10-12-14-16-18-20-22-24-26-28-30-32-33-34-35-36-37-38-39-40-41-42-43-45-47-49-51-53-55-57-59-61-63-65-67-69-76(81)87-74(73-86-78(77(82)83)84-71-70-79(3,4)5)72-85-75(80)68-66-64-62-60-58-56-54-52-50-48-46-44-31-29-27-25-23-21-19-17-15-13-11-9-7-2/h8,10,14,16,19-22,25-28,31,44,74,78H,6-7,9,11-13,15,17-18,23-24,29-30,32-43,45-73H2,1-5H3/b10-8-,16-14-,21-19-,22-20-,27-25-,28-26-,44-31-. The average Bonchev–Trinajstić information content (AvgIpc) is 3.57. The number of likely N-dealkylation sites (N-methyl/N-ethyl adjacent to an activating group) is 1. The van der Waals surface area contributed by atoms with Gasteiger partial charge in [-0.1, -0.05) is 317 Å². The van der Waals surface area contributed by atoms with Crippen LogP contribution in [0.1, 0.15) is 335 Å². The molecule has 0 rings (SSSR count). The Morgan fingerprint density at radius 2 is 0.655 bits per heavy atom. The quantitative estimate of drug-likeness (QED) is 0.0195. The topological polar surface area (TPSA) is 111 Å². The minimum Gasteiger partial charge on any atom is -0.545 e. The van der Waals surface area contributed by atoms with Gasteiger partial charge in [0.2, 0.25) is 0 Å². The zero-order valence-corrected chi connectivity index (χ0v) is 57.6. The first kappa shape index (κ1) is 83.5. The normalized spacial score (nSPS) is 13.2. The predicted octanol–water partition coefficient (Wildman–Crippen LogP) is 21.7. The molecule has 0 fully saturated rings. The van der Waals surface area contributed by atoms with Crippen molar-refractivity contribution in [3.63, 3.8) is 0 Å². The molecule has 0 saturated carbocycles. The zero-order valence-electron chi connectivity index (χ0n) is 57.6. The average molecular weight is 1220 g/mol. The Hall–Kier alpha value is -3.53. The van der Waals surface area contributed by atoms with Crippen molar-refractivity contribution in [2.75, 3.05) is 47.5 Å². The lowest BCUT2D eigenvalue weighted by Gasteiger charge is -2.26. The number of hydrogen-bond acceptors (Lipinski definition) is 8. The van der Waals surface area contributed by atoms with E-state index >= 15 is 0 Å². The van der Waals surface area contributed by atoms with Crippen LogP contribution in [0.2, 0.25) is 0 Å². The van der Waals surface area contributed by atoms with E-state index in [1.165, 1.54) is 231 Å². The Balaban J connectivity index is 4.03. The summed E-state index contributed by atoms with van der Waals surface area (Å²) in [5, 5.41) is 11.8. The van der Waals surface area contributed by atoms with Crippen LogP contribution in [0, 0.1) is 0 Å². The summed E-state index contributed by atoms with van der Waals surface area (Å²) in [5.74, 6) is -2.27. The number of carboxylic acid groups (broad SMARTS) is 1. The van der Waals surface area contributed by atoms with Crippen molar-refractivity contribution in [3.8, 4) is 0 Å². The molecule has 0 amide bonds. The number of allylic oxidation sites excluding steroid dienone is 14. The van der Waals surface area contributed by atoms with Crippen LogP contribution < -0.4 is 5.11 Å². The second-order valence-corrected chi connectivity index (χ2v) is 25.9. The van der Waals surface area contributed by atoms with E-state index in [1.54, 1.807) is 0 Å². The molecule has 2 unspecified atom stereocenters. The lowest BCUT2D eigenvalue weighted by molar-refractivity contribution is -0.870. The van der Waals surface area contributed by atoms with E-state index in [0.29, 0.717) is 17.4 Å². The Labute approximate surface area is 538 Å². The highest BCUT2D eigenvalue weighted by atomic mass is 16.7. The van der Waals surface area contributed by atoms with Gasteiger partial charge in [0.1, 0.15) is 13.2 Å². The summed E-state index contributed by atoms with van der Waals surface area (Å²) in [6, 6.07) is 0. The number of carbonyl (C=O) groups is 3. The molecule has 87 heavy (non-hydrogen) atoms. The molecule has 2 atom stereocenters. The summed E-state index contributed by atoms with van der Waals surface area (Å²) < 4.78 is 22.8. The number of carbonyl (C=O) groups excluding carboxylic acids is 3. The Kier molecular flexibility index (Phi) is 65.6. The monoisotopic (exact) mass is 1220 g/mol. The number of nitrogens with zero attached hydrogens (tertiary/aromatic N) is 1. The maximum atomic E-state index is 12.9. The molecule has 0 aromatic rings. The van der Waals surface area contributed by atoms with Gasteiger partial charge in [-0.3, -0.25) is 9.59 Å². The summed E-state index contributed by atoms with van der Waals surface area (Å²) in [7, 11) is 5.94. The van der Waals surface area contributed by atoms with Crippen molar-refractivity contribution in [3.05, 3.63) is 85.1 Å². The summed E-state index contributed by atoms with van der Waals surface area (Å²) in [4.78, 5) is 37.5. The molecule has 0 aromatic heterocycles. The van der Waals surface area contributed by atoms with Gasteiger partial charge in [0, 0.05) is 12.8 Å². The molecule has 0 aliphatic rings. The number of aliphatic carboxylic acids is 1. The largest absolute Gasteiger partial charge is 0.545 e. The van der Waals surface area contributed by atoms with E-state index in [2.05, 4.69) is 98.9 Å². The smallest absolute Gasteiger partial charge is 0.306 e. The van der Waals surface area contributed by atoms with Gasteiger partial charge in [0.05, 0.1) is 40.3 Å². The summed E-state index contributed by atoms with van der Waals surface area (Å²) in [6.07, 6.45) is 89.7. The fourth-order valence-electron chi connectivity index (χ4n) is 10.5. The van der Waals surface area contributed by atoms with Gasteiger partial charge in [0.25, 0.3) is 0 Å². The first-order valence-electron chi connectivity index (χ1n) is 36.7. The molecule has 0 aliphatic carbocycles. The van der Waals surface area contributed by atoms with Crippen LogP contribution in [-0.4, -0.2) is 82.3 Å². The molecular weight excluding hydrogens is 1080 g/mol. The highest BCUT2D eigenvalue weighted by Gasteiger charge is 2.22. The van der Waals surface area contributed by atoms with E-state index in [-0.39, 0.29) is 38.6 Å². The van der Waals surface area contributed by atoms with Crippen LogP contribution in [0.15, 0.2) is 85.1 Å². The number of rotatable bonds is 68. The van der Waals surface area contributed by atoms with Crippen LogP contribution in [0.25, 0.3) is 0 Å². The number of hydrogen-bond donors (Lipinski definition) is 0. The number of esters is 2. The van der Waals surface area contributed by atoms with E-state index < -0.39 is 24.3 Å². The van der Waals surface area contributed by atoms with Gasteiger partial charge in [0.15, 0.2) is 12.4 Å². The van der Waals surface area contributed by atoms with Gasteiger partial charge < -0.3 is 33.3 Å². The van der Waals surface area contributed by atoms with Crippen molar-refractivity contribution in [1.29, 1.82) is 0 Å². The van der Waals surface area contributed by atoms with Crippen molar-refractivity contribution in [2.24, 2.45) is 0 Å². The predicted molar refractivity (Wildman–Crippen MR) is 371 cm³/mol. The summed E-state index contributed by atoms with van der Waals surface area (Å²) in [6.45, 7) is 4.66. The fourth-order valence-corrected chi connectivity index (χ4v) is 10.5. The van der Waals surface area contributed by atoms with Crippen molar-refractivity contribution >= 4 is 17.9 Å². The first-order valence-corrected chi connectivity index (χ1v) is 36.7. The van der Waals surface area contributed by atoms with Gasteiger partial charge in [-0.05, 0) is 89.9 Å². The SMILES string of the molecule is CC/C=C\C/C=C\C/C=C\C/C=C\CCCCCCCCCCCCCCCCCCCCCCCCCCC(=O)OC(COC(=O)CCCCCCCCCCCC/C=C\C/C=C\C/C=C\CCCCCCC)COC(OCC[N+](C)(C)C)C(=O)[O-]. The third-order valence-corrected chi connectivity index (χ3v) is 16.1. The van der Waals surface area contributed by atoms with Crippen LogP contribution in [0.4, 0.5) is 0 Å². The molecule has 0 radical (unpaired) electrons. The number of unbranched alkanes of at least 4 members (excludes halogenated alkanes) is 39. The van der Waals surface area contributed by atoms with E-state index in [1.807, 2.05) is 21.1 Å². The van der Waals surface area contributed by atoms with Crippen molar-refractivity contribution in [2.45, 2.75) is 347 Å². The third kappa shape index (κ3) is 69.8. The van der Waals surface area contributed by atoms with Gasteiger partial charge in [-0.2, -0.15) is 0 Å². The third-order valence-electron chi connectivity index (χ3n) is 16.1. The molecule has 0 saturated heterocycles. The van der Waals surface area contributed by atoms with E-state index in [9.17, 15) is 19.5 Å². The summed E-state index contributed by atoms with van der Waals surface area (Å²) in [5.41, 5.74) is 0. The van der Waals surface area contributed by atoms with Gasteiger partial charge in [-0.15, -0.1) is 0 Å². The lowest BCUT2D eigenvalue weighted by Crippen LogP contribution is -2.44. The Bertz CT molecular complexity index is 1700. The molecule has 0 aromatic carbocycles. The molecule has 0 N–H and O–H groups in total. The second kappa shape index (κ2) is 68.4. The molecule has 9 nitrogen and oxygen atoms in total. The molecular formula is C78H139NO8. The Morgan fingerprint density at radius 1 is 0.356 bits per heavy atom. The zero-order chi connectivity index (χ0) is 63.3. The molecule has 0 aliphatic heterocycles. The van der Waals surface area contributed by atoms with Crippen LogP contribution in [0.5, 0.6) is 0 Å². The molecule has 0 spiro atoms. The number of quaternary nitrogens is 1. The second-order valence-electron chi connectivity index (χ2n) is 25.9. The van der Waals surface area contributed by atoms with Crippen LogP contribution in [-0.2, 0) is 33.3 Å². The molecule has 9 heteroatoms. The fraction of sp³-hybridized carbons (Fsp3) is 0.782. The van der Waals surface area contributed by atoms with E-state index in [4.69, 9.17) is 18.9 Å². The Morgan fingerprint density at radius 3 is 0.977 bits per heavy atom. The first-order chi connectivity index (χ1) is 42.6. The van der Waals surface area contributed by atoms with E-state index in [0.717, 1.165) is 70.6 Å². The molecule has 504 valence electrons. The maximum absolute atomic E-state index is 12.9. The maximum Gasteiger partial charge on any atom is 0.306 e. The number of carboxylic acids is 1. The number of ether oxygens (including phenoxy) is 4. The van der Waals surface area contributed by atoms with Crippen LogP contribution in [0.3, 0.4) is 0 Å².